The molecule has 0 saturated carbocycles. The Hall–Kier alpha value is -1.69. The predicted octanol–water partition coefficient (Wildman–Crippen LogP) is 0.252. The third kappa shape index (κ3) is 2.21. The first kappa shape index (κ1) is 10.5. The van der Waals surface area contributed by atoms with Crippen LogP contribution in [0.25, 0.3) is 0 Å². The number of aryl methyl sites for hydroxylation is 2. The van der Waals surface area contributed by atoms with Gasteiger partial charge in [0.15, 0.2) is 0 Å². The average molecular weight is 232 g/mol. The van der Waals surface area contributed by atoms with Crippen molar-refractivity contribution in [3.05, 3.63) is 30.6 Å². The Morgan fingerprint density at radius 1 is 1.41 bits per heavy atom. The summed E-state index contributed by atoms with van der Waals surface area (Å²) in [5, 5.41) is 11.2. The van der Waals surface area contributed by atoms with Crippen LogP contribution in [0.1, 0.15) is 18.0 Å². The van der Waals surface area contributed by atoms with Gasteiger partial charge in [0.05, 0.1) is 19.1 Å². The Kier molecular flexibility index (Phi) is 2.87. The van der Waals surface area contributed by atoms with Gasteiger partial charge in [0, 0.05) is 37.1 Å². The summed E-state index contributed by atoms with van der Waals surface area (Å²) in [4.78, 5) is 4.26. The van der Waals surface area contributed by atoms with Crippen molar-refractivity contribution >= 4 is 0 Å². The maximum atomic E-state index is 4.26. The van der Waals surface area contributed by atoms with Crippen LogP contribution in [0, 0.1) is 0 Å². The molecule has 6 nitrogen and oxygen atoms in total. The van der Waals surface area contributed by atoms with E-state index >= 15 is 0 Å². The second-order valence-corrected chi connectivity index (χ2v) is 4.37. The number of rotatable bonds is 4. The summed E-state index contributed by atoms with van der Waals surface area (Å²) in [7, 11) is 0. The van der Waals surface area contributed by atoms with Gasteiger partial charge in [0.2, 0.25) is 0 Å². The Labute approximate surface area is 99.7 Å². The number of nitrogens with zero attached hydrogens (tertiary/aromatic N) is 5. The molecule has 17 heavy (non-hydrogen) atoms. The number of imidazole rings is 1. The van der Waals surface area contributed by atoms with Crippen molar-refractivity contribution < 1.29 is 0 Å². The summed E-state index contributed by atoms with van der Waals surface area (Å²) in [5.74, 6) is 0.605. The predicted molar refractivity (Wildman–Crippen MR) is 62.5 cm³/mol. The minimum absolute atomic E-state index is 0.605. The first-order chi connectivity index (χ1) is 8.43. The zero-order valence-corrected chi connectivity index (χ0v) is 9.66. The van der Waals surface area contributed by atoms with Crippen molar-refractivity contribution in [1.82, 2.24) is 29.9 Å². The zero-order valence-electron chi connectivity index (χ0n) is 9.66. The third-order valence-corrected chi connectivity index (χ3v) is 3.27. The van der Waals surface area contributed by atoms with E-state index in [2.05, 4.69) is 25.2 Å². The first-order valence-corrected chi connectivity index (χ1v) is 5.98. The molecule has 1 aliphatic rings. The number of nitrogens with one attached hydrogen (secondary N) is 1. The normalized spacial score (nSPS) is 19.9. The van der Waals surface area contributed by atoms with Crippen LogP contribution < -0.4 is 5.32 Å². The molecule has 1 N–H and O–H groups in total. The summed E-state index contributed by atoms with van der Waals surface area (Å²) < 4.78 is 4.07. The maximum Gasteiger partial charge on any atom is 0.0948 e. The molecule has 1 saturated heterocycles. The fraction of sp³-hybridized carbons (Fsp3) is 0.545. The van der Waals surface area contributed by atoms with Crippen molar-refractivity contribution in [2.45, 2.75) is 25.4 Å². The number of hydrogen-bond acceptors (Lipinski definition) is 4. The topological polar surface area (TPSA) is 60.6 Å². The molecule has 2 aromatic heterocycles. The maximum absolute atomic E-state index is 4.26. The van der Waals surface area contributed by atoms with Crippen LogP contribution in [0.3, 0.4) is 0 Å². The standard InChI is InChI=1S/C11H16N6/c1-2-12-7-10(1)11-8-13-9-16(11)5-6-17-4-3-14-15-17/h3-4,8-10,12H,1-2,5-7H2. The van der Waals surface area contributed by atoms with Gasteiger partial charge in [0.1, 0.15) is 0 Å². The lowest BCUT2D eigenvalue weighted by Crippen LogP contribution is -2.14. The molecule has 1 atom stereocenters. The molecular weight excluding hydrogens is 216 g/mol. The fourth-order valence-corrected chi connectivity index (χ4v) is 2.33. The van der Waals surface area contributed by atoms with Crippen molar-refractivity contribution in [3.8, 4) is 0 Å². The van der Waals surface area contributed by atoms with E-state index in [1.54, 1.807) is 6.20 Å². The van der Waals surface area contributed by atoms with Crippen LogP contribution in [-0.2, 0) is 13.1 Å². The molecule has 1 unspecified atom stereocenters. The highest BCUT2D eigenvalue weighted by Gasteiger charge is 2.19. The van der Waals surface area contributed by atoms with E-state index in [-0.39, 0.29) is 0 Å². The number of aromatic nitrogens is 5. The van der Waals surface area contributed by atoms with E-state index in [0.717, 1.165) is 26.2 Å². The van der Waals surface area contributed by atoms with Crippen LogP contribution in [0.15, 0.2) is 24.9 Å². The van der Waals surface area contributed by atoms with Crippen LogP contribution >= 0.6 is 0 Å². The van der Waals surface area contributed by atoms with Crippen LogP contribution in [0.4, 0.5) is 0 Å². The molecule has 0 bridgehead atoms. The molecule has 0 aliphatic carbocycles. The molecule has 2 aromatic rings. The van der Waals surface area contributed by atoms with Crippen molar-refractivity contribution in [2.24, 2.45) is 0 Å². The highest BCUT2D eigenvalue weighted by Crippen LogP contribution is 2.21. The molecule has 90 valence electrons. The van der Waals surface area contributed by atoms with Gasteiger partial charge < -0.3 is 9.88 Å². The summed E-state index contributed by atoms with van der Waals surface area (Å²) in [6, 6.07) is 0. The molecule has 0 radical (unpaired) electrons. The van der Waals surface area contributed by atoms with Gasteiger partial charge >= 0.3 is 0 Å². The Morgan fingerprint density at radius 3 is 3.18 bits per heavy atom. The molecular formula is C11H16N6. The molecule has 0 aromatic carbocycles. The molecule has 1 aliphatic heterocycles. The average Bonchev–Trinajstić information content (AvgIpc) is 3.09. The van der Waals surface area contributed by atoms with Crippen LogP contribution in [0.5, 0.6) is 0 Å². The second kappa shape index (κ2) is 4.67. The number of hydrogen-bond donors (Lipinski definition) is 1. The Morgan fingerprint density at radius 2 is 2.41 bits per heavy atom. The minimum Gasteiger partial charge on any atom is -0.332 e. The lowest BCUT2D eigenvalue weighted by atomic mass is 10.1. The second-order valence-electron chi connectivity index (χ2n) is 4.37. The summed E-state index contributed by atoms with van der Waals surface area (Å²) in [6.07, 6.45) is 8.68. The Balaban J connectivity index is 1.68. The van der Waals surface area contributed by atoms with Gasteiger partial charge in [-0.2, -0.15) is 0 Å². The van der Waals surface area contributed by atoms with E-state index in [1.165, 1.54) is 12.1 Å². The van der Waals surface area contributed by atoms with Gasteiger partial charge in [-0.1, -0.05) is 5.21 Å². The van der Waals surface area contributed by atoms with E-state index < -0.39 is 0 Å². The van der Waals surface area contributed by atoms with Gasteiger partial charge in [-0.25, -0.2) is 4.98 Å². The molecule has 0 spiro atoms. The molecule has 3 heterocycles. The fourth-order valence-electron chi connectivity index (χ4n) is 2.33. The quantitative estimate of drug-likeness (QED) is 0.821. The van der Waals surface area contributed by atoms with Gasteiger partial charge in [-0.3, -0.25) is 4.68 Å². The van der Waals surface area contributed by atoms with Gasteiger partial charge in [-0.15, -0.1) is 5.10 Å². The molecule has 6 heteroatoms. The largest absolute Gasteiger partial charge is 0.332 e. The third-order valence-electron chi connectivity index (χ3n) is 3.27. The highest BCUT2D eigenvalue weighted by atomic mass is 15.4. The molecule has 0 amide bonds. The lowest BCUT2D eigenvalue weighted by molar-refractivity contribution is 0.500. The summed E-state index contributed by atoms with van der Waals surface area (Å²) in [6.45, 7) is 3.91. The van der Waals surface area contributed by atoms with Crippen LogP contribution in [-0.4, -0.2) is 37.6 Å². The van der Waals surface area contributed by atoms with E-state index in [4.69, 9.17) is 0 Å². The van der Waals surface area contributed by atoms with Crippen molar-refractivity contribution in [1.29, 1.82) is 0 Å². The molecule has 1 fully saturated rings. The summed E-state index contributed by atoms with van der Waals surface area (Å²) >= 11 is 0. The van der Waals surface area contributed by atoms with E-state index in [1.807, 2.05) is 23.4 Å². The summed E-state index contributed by atoms with van der Waals surface area (Å²) in [5.41, 5.74) is 1.33. The van der Waals surface area contributed by atoms with E-state index in [9.17, 15) is 0 Å². The smallest absolute Gasteiger partial charge is 0.0948 e. The monoisotopic (exact) mass is 232 g/mol. The SMILES string of the molecule is c1cn(CCn2cncc2C2CCNC2)nn1. The Bertz CT molecular complexity index is 454. The lowest BCUT2D eigenvalue weighted by Gasteiger charge is -2.12. The van der Waals surface area contributed by atoms with Gasteiger partial charge in [-0.05, 0) is 13.0 Å². The van der Waals surface area contributed by atoms with Gasteiger partial charge in [0.25, 0.3) is 0 Å². The first-order valence-electron chi connectivity index (χ1n) is 5.98. The van der Waals surface area contributed by atoms with Crippen molar-refractivity contribution in [2.75, 3.05) is 13.1 Å². The van der Waals surface area contributed by atoms with Crippen LogP contribution in [0.2, 0.25) is 0 Å². The minimum atomic E-state index is 0.605. The highest BCUT2D eigenvalue weighted by molar-refractivity contribution is 5.09. The van der Waals surface area contributed by atoms with Crippen molar-refractivity contribution in [3.63, 3.8) is 0 Å². The molecule has 3 rings (SSSR count). The zero-order chi connectivity index (χ0) is 11.5. The van der Waals surface area contributed by atoms with E-state index in [0.29, 0.717) is 5.92 Å².